The number of carbonyl (C=O) groups excluding carboxylic acids is 1. The molecule has 4 heterocycles. The van der Waals surface area contributed by atoms with Gasteiger partial charge < -0.3 is 43.4 Å². The predicted octanol–water partition coefficient (Wildman–Crippen LogP) is 2.71. The van der Waals surface area contributed by atoms with Crippen LogP contribution in [0.1, 0.15) is 71.5 Å². The van der Waals surface area contributed by atoms with E-state index in [4.69, 9.17) is 28.1 Å². The van der Waals surface area contributed by atoms with Crippen molar-refractivity contribution < 1.29 is 48.2 Å². The summed E-state index contributed by atoms with van der Waals surface area (Å²) in [5.41, 5.74) is -7.68. The number of hydrogen-bond donors (Lipinski definition) is 3. The number of hydrogen-bond acceptors (Lipinski definition) is 10. The normalized spacial score (nSPS) is 59.0. The van der Waals surface area contributed by atoms with Crippen LogP contribution in [-0.2, 0) is 28.5 Å². The minimum Gasteiger partial charge on any atom is -0.489 e. The molecule has 3 aliphatic heterocycles. The minimum atomic E-state index is -1.91. The second kappa shape index (κ2) is 6.82. The molecule has 10 nitrogen and oxygen atoms in total. The third-order valence-corrected chi connectivity index (χ3v) is 13.1. The van der Waals surface area contributed by atoms with Crippen LogP contribution in [0.4, 0.5) is 0 Å². The van der Waals surface area contributed by atoms with E-state index in [-0.39, 0.29) is 6.42 Å². The molecule has 0 amide bonds. The van der Waals surface area contributed by atoms with Gasteiger partial charge in [0.1, 0.15) is 16.8 Å². The van der Waals surface area contributed by atoms with E-state index in [0.29, 0.717) is 37.0 Å². The van der Waals surface area contributed by atoms with Gasteiger partial charge in [0.2, 0.25) is 0 Å². The molecule has 10 heteroatoms. The minimum absolute atomic E-state index is 0.0253. The number of carbonyl (C=O) groups is 1. The van der Waals surface area contributed by atoms with E-state index in [1.165, 1.54) is 13.4 Å². The number of esters is 1. The number of rotatable bonds is 4. The molecule has 13 atom stereocenters. The van der Waals surface area contributed by atoms with Crippen molar-refractivity contribution in [2.45, 2.75) is 106 Å². The lowest BCUT2D eigenvalue weighted by atomic mass is 9.33. The summed E-state index contributed by atoms with van der Waals surface area (Å²) in [6.07, 6.45) is 1.44. The van der Waals surface area contributed by atoms with Crippen LogP contribution in [0.3, 0.4) is 0 Å². The molecule has 3 spiro atoms. The molecule has 40 heavy (non-hydrogen) atoms. The monoisotopic (exact) mass is 558 g/mol. The van der Waals surface area contributed by atoms with Crippen molar-refractivity contribution in [1.82, 2.24) is 0 Å². The molecule has 7 fully saturated rings. The van der Waals surface area contributed by atoms with Crippen molar-refractivity contribution in [3.05, 3.63) is 36.5 Å². The summed E-state index contributed by atoms with van der Waals surface area (Å²) >= 11 is 0. The topological polar surface area (TPSA) is 137 Å². The van der Waals surface area contributed by atoms with Crippen molar-refractivity contribution in [2.24, 2.45) is 28.1 Å². The van der Waals surface area contributed by atoms with Crippen LogP contribution in [0, 0.1) is 28.1 Å². The fraction of sp³-hybridized carbons (Fsp3) is 0.767. The number of aliphatic hydroxyl groups is 3. The molecule has 0 aromatic carbocycles. The zero-order valence-corrected chi connectivity index (χ0v) is 23.6. The van der Waals surface area contributed by atoms with Gasteiger partial charge >= 0.3 is 5.97 Å². The van der Waals surface area contributed by atoms with E-state index in [9.17, 15) is 20.1 Å². The molecule has 4 bridgehead atoms. The molecule has 7 aliphatic rings. The van der Waals surface area contributed by atoms with Gasteiger partial charge in [0.05, 0.1) is 37.6 Å². The number of fused-ring (bicyclic) bond motifs is 3. The molecular formula is C30H38O10. The Morgan fingerprint density at radius 3 is 2.58 bits per heavy atom. The SMILES string of the molecule is C=C1CC2C(C)(C(O)c3ccoc3)CCC34OC5(C)OC23C(O1)C1(O)C(O)C2(C)CC1(O5)C4(C)C2CC(=O)OC. The van der Waals surface area contributed by atoms with Crippen LogP contribution in [0.5, 0.6) is 0 Å². The highest BCUT2D eigenvalue weighted by molar-refractivity contribution is 5.70. The van der Waals surface area contributed by atoms with Gasteiger partial charge in [-0.15, -0.1) is 0 Å². The van der Waals surface area contributed by atoms with Crippen LogP contribution >= 0.6 is 0 Å². The second-order valence-electron chi connectivity index (χ2n) is 14.3. The number of aliphatic hydroxyl groups excluding tert-OH is 2. The molecule has 4 saturated carbocycles. The Morgan fingerprint density at radius 2 is 1.90 bits per heavy atom. The van der Waals surface area contributed by atoms with Crippen LogP contribution < -0.4 is 0 Å². The highest BCUT2D eigenvalue weighted by Gasteiger charge is 3.03. The number of furan rings is 1. The van der Waals surface area contributed by atoms with Gasteiger partial charge in [-0.25, -0.2) is 0 Å². The third kappa shape index (κ3) is 2.13. The zero-order valence-electron chi connectivity index (χ0n) is 23.6. The Hall–Kier alpha value is -1.95. The average Bonchev–Trinajstić information content (AvgIpc) is 3.59. The first-order chi connectivity index (χ1) is 18.7. The Balaban J connectivity index is 1.43. The summed E-state index contributed by atoms with van der Waals surface area (Å²) in [6, 6.07) is 1.75. The largest absolute Gasteiger partial charge is 0.489 e. The van der Waals surface area contributed by atoms with Crippen LogP contribution in [-0.4, -0.2) is 69.0 Å². The Bertz CT molecular complexity index is 1350. The third-order valence-electron chi connectivity index (χ3n) is 13.1. The van der Waals surface area contributed by atoms with Crippen molar-refractivity contribution in [3.63, 3.8) is 0 Å². The zero-order chi connectivity index (χ0) is 28.5. The second-order valence-corrected chi connectivity index (χ2v) is 14.3. The lowest BCUT2D eigenvalue weighted by molar-refractivity contribution is -0.480. The molecule has 4 aliphatic carbocycles. The standard InChI is InChI=1S/C30H38O10/c1-15-11-18-23(2,20(32)16-7-10-36-13-16)8-9-27-25(4)17(12-19(31)35-6)24(3)14-28(25)29(34,21(24)33)22(37-15)30(18,27)40-26(5,38-27)39-28/h7,10,13,17-18,20-22,32-34H,1,8-9,11-12,14H2,2-6H3. The first-order valence-corrected chi connectivity index (χ1v) is 14.3. The van der Waals surface area contributed by atoms with E-state index in [1.807, 2.05) is 20.8 Å². The van der Waals surface area contributed by atoms with Gasteiger partial charge in [0.15, 0.2) is 11.7 Å². The first kappa shape index (κ1) is 25.7. The van der Waals surface area contributed by atoms with Gasteiger partial charge in [-0.3, -0.25) is 4.79 Å². The fourth-order valence-corrected chi connectivity index (χ4v) is 11.8. The van der Waals surface area contributed by atoms with Crippen LogP contribution in [0.15, 0.2) is 35.3 Å². The summed E-state index contributed by atoms with van der Waals surface area (Å²) < 4.78 is 37.8. The average molecular weight is 559 g/mol. The van der Waals surface area contributed by atoms with Crippen molar-refractivity contribution in [1.29, 1.82) is 0 Å². The molecule has 218 valence electrons. The molecular weight excluding hydrogens is 520 g/mol. The maximum atomic E-state index is 13.0. The molecule has 13 unspecified atom stereocenters. The highest BCUT2D eigenvalue weighted by atomic mass is 16.9. The van der Waals surface area contributed by atoms with Crippen molar-refractivity contribution in [2.75, 3.05) is 7.11 Å². The Morgan fingerprint density at radius 1 is 1.18 bits per heavy atom. The predicted molar refractivity (Wildman–Crippen MR) is 135 cm³/mol. The summed E-state index contributed by atoms with van der Waals surface area (Å²) in [7, 11) is 1.36. The van der Waals surface area contributed by atoms with Crippen molar-refractivity contribution >= 4 is 5.97 Å². The van der Waals surface area contributed by atoms with E-state index < -0.39 is 80.7 Å². The van der Waals surface area contributed by atoms with E-state index in [0.717, 1.165) is 0 Å². The van der Waals surface area contributed by atoms with Gasteiger partial charge in [0.25, 0.3) is 5.97 Å². The lowest BCUT2D eigenvalue weighted by Gasteiger charge is -2.77. The summed E-state index contributed by atoms with van der Waals surface area (Å²) in [6.45, 7) is 11.9. The molecule has 1 aromatic rings. The van der Waals surface area contributed by atoms with Gasteiger partial charge in [0, 0.05) is 47.5 Å². The van der Waals surface area contributed by atoms with E-state index in [1.54, 1.807) is 19.3 Å². The Labute approximate surface area is 232 Å². The maximum Gasteiger partial charge on any atom is 0.305 e. The molecule has 3 N–H and O–H groups in total. The first-order valence-electron chi connectivity index (χ1n) is 14.3. The fourth-order valence-electron chi connectivity index (χ4n) is 11.8. The van der Waals surface area contributed by atoms with Crippen LogP contribution in [0.25, 0.3) is 0 Å². The van der Waals surface area contributed by atoms with E-state index >= 15 is 0 Å². The summed E-state index contributed by atoms with van der Waals surface area (Å²) in [5, 5.41) is 37.1. The maximum absolute atomic E-state index is 13.0. The molecule has 3 saturated heterocycles. The Kier molecular flexibility index (Phi) is 4.39. The summed E-state index contributed by atoms with van der Waals surface area (Å²) in [5.74, 6) is -2.41. The summed E-state index contributed by atoms with van der Waals surface area (Å²) in [4.78, 5) is 12.9. The number of allylic oxidation sites excluding steroid dienone is 1. The smallest absolute Gasteiger partial charge is 0.305 e. The highest BCUT2D eigenvalue weighted by Crippen LogP contribution is 2.89. The quantitative estimate of drug-likeness (QED) is 0.473. The van der Waals surface area contributed by atoms with Crippen molar-refractivity contribution in [3.8, 4) is 0 Å². The van der Waals surface area contributed by atoms with Gasteiger partial charge in [-0.1, -0.05) is 27.4 Å². The lowest BCUT2D eigenvalue weighted by Crippen LogP contribution is -2.93. The number of methoxy groups -OCH3 is 1. The van der Waals surface area contributed by atoms with Gasteiger partial charge in [-0.2, -0.15) is 0 Å². The molecule has 8 rings (SSSR count). The molecule has 1 aromatic heterocycles. The van der Waals surface area contributed by atoms with Gasteiger partial charge in [-0.05, 0) is 31.2 Å². The van der Waals surface area contributed by atoms with Crippen LogP contribution in [0.2, 0.25) is 0 Å². The molecule has 0 radical (unpaired) electrons. The van der Waals surface area contributed by atoms with E-state index in [2.05, 4.69) is 6.58 Å². The number of ether oxygens (including phenoxy) is 5.